The first kappa shape index (κ1) is 27.4. The minimum Gasteiger partial charge on any atom is -0.395 e. The highest BCUT2D eigenvalue weighted by atomic mass is 16.3. The molecule has 168 valence electrons. The van der Waals surface area contributed by atoms with Crippen molar-refractivity contribution in [3.63, 3.8) is 0 Å². The monoisotopic (exact) mass is 401 g/mol. The number of likely N-dealkylation sites (N-methyl/N-ethyl adjacent to an activating group) is 1. The lowest BCUT2D eigenvalue weighted by Crippen LogP contribution is -2.51. The van der Waals surface area contributed by atoms with Gasteiger partial charge < -0.3 is 19.6 Å². The molecule has 5 nitrogen and oxygen atoms in total. The van der Waals surface area contributed by atoms with Gasteiger partial charge in [-0.25, -0.2) is 0 Å². The summed E-state index contributed by atoms with van der Waals surface area (Å²) in [6.07, 6.45) is 16.5. The van der Waals surface area contributed by atoms with Crippen LogP contribution in [0, 0.1) is 0 Å². The van der Waals surface area contributed by atoms with Gasteiger partial charge in [-0.3, -0.25) is 4.79 Å². The first-order valence-corrected chi connectivity index (χ1v) is 11.7. The number of nitrogens with zero attached hydrogens (tertiary/aromatic N) is 2. The van der Waals surface area contributed by atoms with Crippen LogP contribution >= 0.6 is 0 Å². The van der Waals surface area contributed by atoms with E-state index in [1.807, 2.05) is 21.1 Å². The second-order valence-electron chi connectivity index (χ2n) is 9.27. The summed E-state index contributed by atoms with van der Waals surface area (Å²) in [5.74, 6) is 0.0135. The van der Waals surface area contributed by atoms with Gasteiger partial charge in [0, 0.05) is 6.54 Å². The van der Waals surface area contributed by atoms with E-state index in [4.69, 9.17) is 0 Å². The number of carbonyl (C=O) groups excluding carboxylic acids is 1. The third-order valence-electron chi connectivity index (χ3n) is 5.31. The summed E-state index contributed by atoms with van der Waals surface area (Å²) in [7, 11) is 5.94. The van der Waals surface area contributed by atoms with Gasteiger partial charge in [0.25, 0.3) is 5.91 Å². The number of aliphatic hydroxyl groups is 2. The van der Waals surface area contributed by atoms with Crippen molar-refractivity contribution < 1.29 is 19.5 Å². The van der Waals surface area contributed by atoms with Crippen LogP contribution in [0.1, 0.15) is 90.4 Å². The number of hydrogen-bond donors (Lipinski definition) is 2. The van der Waals surface area contributed by atoms with Gasteiger partial charge in [0.15, 0.2) is 6.54 Å². The van der Waals surface area contributed by atoms with Crippen LogP contribution in [0.2, 0.25) is 0 Å². The molecule has 0 aromatic heterocycles. The number of rotatable bonds is 19. The fourth-order valence-electron chi connectivity index (χ4n) is 3.68. The van der Waals surface area contributed by atoms with Gasteiger partial charge in [-0.2, -0.15) is 0 Å². The third-order valence-corrected chi connectivity index (χ3v) is 5.31. The maximum Gasteiger partial charge on any atom is 0.278 e. The van der Waals surface area contributed by atoms with E-state index in [9.17, 15) is 15.0 Å². The van der Waals surface area contributed by atoms with Gasteiger partial charge in [0.1, 0.15) is 0 Å². The second-order valence-corrected chi connectivity index (χ2v) is 9.27. The Morgan fingerprint density at radius 2 is 1.29 bits per heavy atom. The number of amides is 1. The number of aliphatic hydroxyl groups excluding tert-OH is 2. The molecule has 5 heteroatoms. The molecular formula is C23H49N2O3+. The highest BCUT2D eigenvalue weighted by molar-refractivity contribution is 5.77. The van der Waals surface area contributed by atoms with Crippen LogP contribution in [0.4, 0.5) is 0 Å². The molecule has 0 aliphatic rings. The predicted octanol–water partition coefficient (Wildman–Crippen LogP) is 3.97. The minimum atomic E-state index is -0.172. The average Bonchev–Trinajstić information content (AvgIpc) is 2.63. The highest BCUT2D eigenvalue weighted by Gasteiger charge is 2.26. The summed E-state index contributed by atoms with van der Waals surface area (Å²) in [5.41, 5.74) is 0. The third kappa shape index (κ3) is 15.3. The molecule has 0 spiro atoms. The average molecular weight is 402 g/mol. The van der Waals surface area contributed by atoms with Crippen LogP contribution < -0.4 is 0 Å². The normalized spacial score (nSPS) is 12.9. The highest BCUT2D eigenvalue weighted by Crippen LogP contribution is 2.15. The van der Waals surface area contributed by atoms with Crippen molar-refractivity contribution in [3.8, 4) is 0 Å². The maximum atomic E-state index is 12.6. The number of hydrogen-bond acceptors (Lipinski definition) is 3. The molecule has 1 amide bonds. The van der Waals surface area contributed by atoms with Crippen LogP contribution in [0.3, 0.4) is 0 Å². The molecule has 1 unspecified atom stereocenters. The van der Waals surface area contributed by atoms with Gasteiger partial charge in [0.05, 0.1) is 40.4 Å². The second kappa shape index (κ2) is 17.2. The van der Waals surface area contributed by atoms with E-state index in [0.717, 1.165) is 19.3 Å². The smallest absolute Gasteiger partial charge is 0.278 e. The van der Waals surface area contributed by atoms with E-state index >= 15 is 0 Å². The van der Waals surface area contributed by atoms with Crippen LogP contribution in [0.5, 0.6) is 0 Å². The van der Waals surface area contributed by atoms with Gasteiger partial charge >= 0.3 is 0 Å². The Kier molecular flexibility index (Phi) is 16.8. The fraction of sp³-hybridized carbons (Fsp3) is 0.957. The topological polar surface area (TPSA) is 60.8 Å². The lowest BCUT2D eigenvalue weighted by atomic mass is 10.0. The van der Waals surface area contributed by atoms with Crippen LogP contribution in [-0.4, -0.2) is 79.0 Å². The summed E-state index contributed by atoms with van der Waals surface area (Å²) >= 11 is 0. The molecule has 28 heavy (non-hydrogen) atoms. The van der Waals surface area contributed by atoms with E-state index in [1.54, 1.807) is 4.90 Å². The SMILES string of the molecule is CCCCCCCCCCCCCCC(CO)N(CCO)C(=O)C[N+](C)(C)C. The van der Waals surface area contributed by atoms with E-state index in [0.29, 0.717) is 17.6 Å². The number of quaternary nitrogens is 1. The Morgan fingerprint density at radius 1 is 0.821 bits per heavy atom. The van der Waals surface area contributed by atoms with E-state index in [-0.39, 0.29) is 25.2 Å². The lowest BCUT2D eigenvalue weighted by Gasteiger charge is -2.33. The lowest BCUT2D eigenvalue weighted by molar-refractivity contribution is -0.862. The van der Waals surface area contributed by atoms with Crippen LogP contribution in [-0.2, 0) is 4.79 Å². The Bertz CT molecular complexity index is 369. The van der Waals surface area contributed by atoms with Gasteiger partial charge in [0.2, 0.25) is 0 Å². The Labute approximate surface area is 174 Å². The molecule has 0 fully saturated rings. The minimum absolute atomic E-state index is 0.0135. The summed E-state index contributed by atoms with van der Waals surface area (Å²) in [6.45, 7) is 2.87. The van der Waals surface area contributed by atoms with Crippen molar-refractivity contribution in [2.75, 3.05) is 47.4 Å². The Morgan fingerprint density at radius 3 is 1.68 bits per heavy atom. The Hall–Kier alpha value is -0.650. The van der Waals surface area contributed by atoms with Crippen LogP contribution in [0.25, 0.3) is 0 Å². The molecule has 0 saturated carbocycles. The quantitative estimate of drug-likeness (QED) is 0.254. The first-order valence-electron chi connectivity index (χ1n) is 11.7. The number of unbranched alkanes of at least 4 members (excludes halogenated alkanes) is 11. The van der Waals surface area contributed by atoms with Crippen molar-refractivity contribution in [2.45, 2.75) is 96.4 Å². The number of carbonyl (C=O) groups is 1. The largest absolute Gasteiger partial charge is 0.395 e. The van der Waals surface area contributed by atoms with E-state index in [2.05, 4.69) is 6.92 Å². The zero-order valence-corrected chi connectivity index (χ0v) is 19.3. The summed E-state index contributed by atoms with van der Waals surface area (Å²) < 4.78 is 0.553. The standard InChI is InChI=1S/C23H49N2O3/c1-5-6-7-8-9-10-11-12-13-14-15-16-17-22(21-27)24(18-19-26)23(28)20-25(2,3)4/h22,26-27H,5-21H2,1-4H3/q+1. The molecule has 0 saturated heterocycles. The molecule has 0 aromatic carbocycles. The molecule has 1 atom stereocenters. The molecule has 0 aromatic rings. The van der Waals surface area contributed by atoms with Crippen molar-refractivity contribution in [1.29, 1.82) is 0 Å². The van der Waals surface area contributed by atoms with Crippen LogP contribution in [0.15, 0.2) is 0 Å². The molecule has 0 heterocycles. The van der Waals surface area contributed by atoms with Gasteiger partial charge in [-0.1, -0.05) is 84.0 Å². The van der Waals surface area contributed by atoms with Crippen molar-refractivity contribution in [2.24, 2.45) is 0 Å². The fourth-order valence-corrected chi connectivity index (χ4v) is 3.68. The predicted molar refractivity (Wildman–Crippen MR) is 118 cm³/mol. The maximum absolute atomic E-state index is 12.6. The van der Waals surface area contributed by atoms with Crippen molar-refractivity contribution >= 4 is 5.91 Å². The van der Waals surface area contributed by atoms with E-state index < -0.39 is 0 Å². The zero-order valence-electron chi connectivity index (χ0n) is 19.3. The van der Waals surface area contributed by atoms with Crippen molar-refractivity contribution in [1.82, 2.24) is 4.90 Å². The molecule has 0 bridgehead atoms. The Balaban J connectivity index is 3.94. The summed E-state index contributed by atoms with van der Waals surface area (Å²) in [4.78, 5) is 14.2. The van der Waals surface area contributed by atoms with Gasteiger partial charge in [-0.15, -0.1) is 0 Å². The molecule has 0 aliphatic heterocycles. The molecule has 2 N–H and O–H groups in total. The molecule has 0 rings (SSSR count). The molecule has 0 aliphatic carbocycles. The summed E-state index contributed by atoms with van der Waals surface area (Å²) in [5, 5.41) is 19.1. The zero-order chi connectivity index (χ0) is 21.3. The molecule has 0 radical (unpaired) electrons. The van der Waals surface area contributed by atoms with E-state index in [1.165, 1.54) is 64.2 Å². The first-order chi connectivity index (χ1) is 13.4. The van der Waals surface area contributed by atoms with Crippen molar-refractivity contribution in [3.05, 3.63) is 0 Å². The summed E-state index contributed by atoms with van der Waals surface area (Å²) in [6, 6.07) is -0.172. The van der Waals surface area contributed by atoms with Gasteiger partial charge in [-0.05, 0) is 6.42 Å². The molecular weight excluding hydrogens is 352 g/mol.